The molecule has 1 atom stereocenters. The number of aryl methyl sites for hydroxylation is 1. The second-order valence-electron chi connectivity index (χ2n) is 5.08. The summed E-state index contributed by atoms with van der Waals surface area (Å²) < 4.78 is 31.7. The Balaban J connectivity index is 3.10. The molecule has 21 heavy (non-hydrogen) atoms. The van der Waals surface area contributed by atoms with Crippen molar-refractivity contribution in [1.29, 1.82) is 0 Å². The van der Waals surface area contributed by atoms with E-state index >= 15 is 0 Å². The van der Waals surface area contributed by atoms with Gasteiger partial charge in [0.2, 0.25) is 10.0 Å². The van der Waals surface area contributed by atoms with Gasteiger partial charge in [0.25, 0.3) is 0 Å². The summed E-state index contributed by atoms with van der Waals surface area (Å²) >= 11 is 0. The molecule has 0 amide bonds. The molecule has 0 spiro atoms. The van der Waals surface area contributed by atoms with Crippen LogP contribution in [0.25, 0.3) is 0 Å². The van der Waals surface area contributed by atoms with Crippen LogP contribution in [0.1, 0.15) is 26.3 Å². The van der Waals surface area contributed by atoms with Crippen LogP contribution >= 0.6 is 0 Å². The number of nitrogens with one attached hydrogen (secondary N) is 1. The molecule has 0 bridgehead atoms. The van der Waals surface area contributed by atoms with E-state index in [1.165, 1.54) is 19.2 Å². The van der Waals surface area contributed by atoms with Crippen LogP contribution in [0, 0.1) is 5.92 Å². The SMILES string of the molecule is CCc1ccc(S(=O)(=O)NC(C(=O)OC)C(C)C)cc1N. The van der Waals surface area contributed by atoms with E-state index in [1.54, 1.807) is 19.9 Å². The van der Waals surface area contributed by atoms with Gasteiger partial charge in [0.05, 0.1) is 12.0 Å². The Labute approximate surface area is 125 Å². The summed E-state index contributed by atoms with van der Waals surface area (Å²) in [6.07, 6.45) is 0.719. The lowest BCUT2D eigenvalue weighted by molar-refractivity contribution is -0.143. The number of hydrogen-bond acceptors (Lipinski definition) is 5. The molecule has 7 heteroatoms. The van der Waals surface area contributed by atoms with Crippen LogP contribution in [-0.4, -0.2) is 27.5 Å². The summed E-state index contributed by atoms with van der Waals surface area (Å²) in [7, 11) is -2.62. The molecule has 1 aromatic carbocycles. The number of methoxy groups -OCH3 is 1. The summed E-state index contributed by atoms with van der Waals surface area (Å²) in [5.41, 5.74) is 7.11. The first-order valence-corrected chi connectivity index (χ1v) is 8.19. The van der Waals surface area contributed by atoms with Crippen LogP contribution in [0.2, 0.25) is 0 Å². The molecule has 0 aliphatic carbocycles. The van der Waals surface area contributed by atoms with Gasteiger partial charge in [0, 0.05) is 5.69 Å². The van der Waals surface area contributed by atoms with E-state index in [0.29, 0.717) is 5.69 Å². The number of ether oxygens (including phenoxy) is 1. The Bertz CT molecular complexity index is 611. The minimum absolute atomic E-state index is 0.0340. The number of rotatable bonds is 6. The minimum atomic E-state index is -3.84. The first-order valence-electron chi connectivity index (χ1n) is 6.71. The van der Waals surface area contributed by atoms with Crippen LogP contribution in [0.15, 0.2) is 23.1 Å². The monoisotopic (exact) mass is 314 g/mol. The molecule has 0 saturated carbocycles. The molecule has 118 valence electrons. The standard InChI is InChI=1S/C14H22N2O4S/c1-5-10-6-7-11(8-12(10)15)21(18,19)16-13(9(2)3)14(17)20-4/h6-9,13,16H,5,15H2,1-4H3. The number of benzene rings is 1. The Kier molecular flexibility index (Phi) is 5.74. The fraction of sp³-hybridized carbons (Fsp3) is 0.500. The quantitative estimate of drug-likeness (QED) is 0.609. The van der Waals surface area contributed by atoms with Gasteiger partial charge in [-0.05, 0) is 30.0 Å². The van der Waals surface area contributed by atoms with Crippen molar-refractivity contribution >= 4 is 21.7 Å². The summed E-state index contributed by atoms with van der Waals surface area (Å²) in [6.45, 7) is 5.40. The second-order valence-corrected chi connectivity index (χ2v) is 6.79. The van der Waals surface area contributed by atoms with Gasteiger partial charge in [-0.2, -0.15) is 4.72 Å². The lowest BCUT2D eigenvalue weighted by Crippen LogP contribution is -2.44. The Morgan fingerprint density at radius 3 is 2.43 bits per heavy atom. The Hall–Kier alpha value is -1.60. The normalized spacial score (nSPS) is 13.2. The molecular weight excluding hydrogens is 292 g/mol. The zero-order chi connectivity index (χ0) is 16.2. The minimum Gasteiger partial charge on any atom is -0.468 e. The maximum atomic E-state index is 12.3. The molecule has 1 aromatic rings. The average molecular weight is 314 g/mol. The van der Waals surface area contributed by atoms with Gasteiger partial charge in [0.15, 0.2) is 0 Å². The Morgan fingerprint density at radius 2 is 2.00 bits per heavy atom. The lowest BCUT2D eigenvalue weighted by atomic mass is 10.1. The number of anilines is 1. The van der Waals surface area contributed by atoms with E-state index in [4.69, 9.17) is 5.73 Å². The van der Waals surface area contributed by atoms with Crippen LogP contribution < -0.4 is 10.5 Å². The molecule has 0 fully saturated rings. The summed E-state index contributed by atoms with van der Waals surface area (Å²) in [5, 5.41) is 0. The maximum absolute atomic E-state index is 12.3. The van der Waals surface area contributed by atoms with E-state index in [2.05, 4.69) is 9.46 Å². The van der Waals surface area contributed by atoms with Crippen molar-refractivity contribution in [3.8, 4) is 0 Å². The highest BCUT2D eigenvalue weighted by Crippen LogP contribution is 2.19. The van der Waals surface area contributed by atoms with Crippen LogP contribution in [0.5, 0.6) is 0 Å². The zero-order valence-corrected chi connectivity index (χ0v) is 13.5. The molecule has 0 aliphatic rings. The second kappa shape index (κ2) is 6.91. The highest BCUT2D eigenvalue weighted by atomic mass is 32.2. The number of nitrogen functional groups attached to an aromatic ring is 1. The number of hydrogen-bond donors (Lipinski definition) is 2. The van der Waals surface area contributed by atoms with Gasteiger partial charge < -0.3 is 10.5 Å². The van der Waals surface area contributed by atoms with Gasteiger partial charge >= 0.3 is 5.97 Å². The molecular formula is C14H22N2O4S. The van der Waals surface area contributed by atoms with Gasteiger partial charge in [-0.25, -0.2) is 8.42 Å². The van der Waals surface area contributed by atoms with Crippen molar-refractivity contribution in [1.82, 2.24) is 4.72 Å². The van der Waals surface area contributed by atoms with E-state index < -0.39 is 22.0 Å². The third kappa shape index (κ3) is 4.18. The predicted octanol–water partition coefficient (Wildman–Crippen LogP) is 1.31. The molecule has 0 aromatic heterocycles. The largest absolute Gasteiger partial charge is 0.468 e. The van der Waals surface area contributed by atoms with Gasteiger partial charge in [-0.3, -0.25) is 4.79 Å². The van der Waals surface area contributed by atoms with Crippen molar-refractivity contribution in [3.05, 3.63) is 23.8 Å². The molecule has 0 aliphatic heterocycles. The summed E-state index contributed by atoms with van der Waals surface area (Å²) in [6, 6.07) is 3.61. The third-order valence-electron chi connectivity index (χ3n) is 3.21. The molecule has 1 unspecified atom stereocenters. The summed E-state index contributed by atoms with van der Waals surface area (Å²) in [5.74, 6) is -0.855. The lowest BCUT2D eigenvalue weighted by Gasteiger charge is -2.20. The van der Waals surface area contributed by atoms with Crippen molar-refractivity contribution in [2.75, 3.05) is 12.8 Å². The number of nitrogens with two attached hydrogens (primary N) is 1. The van der Waals surface area contributed by atoms with Gasteiger partial charge in [-0.1, -0.05) is 26.8 Å². The number of carbonyl (C=O) groups excluding carboxylic acids is 1. The van der Waals surface area contributed by atoms with E-state index in [9.17, 15) is 13.2 Å². The predicted molar refractivity (Wildman–Crippen MR) is 81.2 cm³/mol. The van der Waals surface area contributed by atoms with Crippen molar-refractivity contribution in [3.63, 3.8) is 0 Å². The molecule has 1 rings (SSSR count). The fourth-order valence-corrected chi connectivity index (χ4v) is 3.25. The van der Waals surface area contributed by atoms with Crippen molar-refractivity contribution < 1.29 is 17.9 Å². The molecule has 0 heterocycles. The third-order valence-corrected chi connectivity index (χ3v) is 4.65. The van der Waals surface area contributed by atoms with E-state index in [-0.39, 0.29) is 10.8 Å². The van der Waals surface area contributed by atoms with Crippen LogP contribution in [-0.2, 0) is 26.0 Å². The highest BCUT2D eigenvalue weighted by Gasteiger charge is 2.29. The highest BCUT2D eigenvalue weighted by molar-refractivity contribution is 7.89. The first-order chi connectivity index (χ1) is 9.72. The van der Waals surface area contributed by atoms with Crippen LogP contribution in [0.3, 0.4) is 0 Å². The van der Waals surface area contributed by atoms with Crippen molar-refractivity contribution in [2.45, 2.75) is 38.1 Å². The smallest absolute Gasteiger partial charge is 0.324 e. The topological polar surface area (TPSA) is 98.5 Å². The summed E-state index contributed by atoms with van der Waals surface area (Å²) in [4.78, 5) is 11.7. The van der Waals surface area contributed by atoms with Gasteiger partial charge in [0.1, 0.15) is 6.04 Å². The Morgan fingerprint density at radius 1 is 1.38 bits per heavy atom. The molecule has 3 N–H and O–H groups in total. The molecule has 0 saturated heterocycles. The average Bonchev–Trinajstić information content (AvgIpc) is 2.43. The first kappa shape index (κ1) is 17.5. The zero-order valence-electron chi connectivity index (χ0n) is 12.7. The van der Waals surface area contributed by atoms with Gasteiger partial charge in [-0.15, -0.1) is 0 Å². The maximum Gasteiger partial charge on any atom is 0.324 e. The fourth-order valence-electron chi connectivity index (χ4n) is 1.88. The number of esters is 1. The van der Waals surface area contributed by atoms with E-state index in [0.717, 1.165) is 12.0 Å². The number of carbonyl (C=O) groups is 1. The van der Waals surface area contributed by atoms with Crippen molar-refractivity contribution in [2.24, 2.45) is 5.92 Å². The van der Waals surface area contributed by atoms with Crippen LogP contribution in [0.4, 0.5) is 5.69 Å². The van der Waals surface area contributed by atoms with E-state index in [1.807, 2.05) is 6.92 Å². The molecule has 6 nitrogen and oxygen atoms in total. The molecule has 0 radical (unpaired) electrons. The number of sulfonamides is 1.